The number of anilines is 1. The summed E-state index contributed by atoms with van der Waals surface area (Å²) in [6.07, 6.45) is -0.160. The maximum Gasteiger partial charge on any atom is 0.349 e. The summed E-state index contributed by atoms with van der Waals surface area (Å²) in [7, 11) is 0. The average Bonchev–Trinajstić information content (AvgIpc) is 2.63. The third-order valence-electron chi connectivity index (χ3n) is 4.14. The molecule has 0 saturated heterocycles. The Morgan fingerprint density at radius 2 is 1.93 bits per heavy atom. The fraction of sp³-hybridized carbons (Fsp3) is 0.444. The van der Waals surface area contributed by atoms with Crippen LogP contribution in [0, 0.1) is 6.92 Å². The van der Waals surface area contributed by atoms with Crippen LogP contribution in [0.5, 0.6) is 0 Å². The summed E-state index contributed by atoms with van der Waals surface area (Å²) in [6.45, 7) is 5.99. The Hall–Kier alpha value is -2.78. The summed E-state index contributed by atoms with van der Waals surface area (Å²) in [4.78, 5) is 34.1. The van der Waals surface area contributed by atoms with Gasteiger partial charge in [-0.3, -0.25) is 9.78 Å². The molecule has 0 saturated carbocycles. The second kappa shape index (κ2) is 8.74. The number of aryl methyl sites for hydroxylation is 2. The molecular formula is C18H25N5O4. The van der Waals surface area contributed by atoms with Crippen LogP contribution < -0.4 is 17.0 Å². The van der Waals surface area contributed by atoms with E-state index in [4.69, 9.17) is 10.8 Å². The quantitative estimate of drug-likeness (QED) is 0.378. The van der Waals surface area contributed by atoms with Gasteiger partial charge in [0, 0.05) is 18.8 Å². The lowest BCUT2D eigenvalue weighted by molar-refractivity contribution is 0.121. The van der Waals surface area contributed by atoms with E-state index in [2.05, 4.69) is 15.0 Å². The van der Waals surface area contributed by atoms with Crippen LogP contribution >= 0.6 is 0 Å². The monoisotopic (exact) mass is 375 g/mol. The molecule has 0 aromatic heterocycles. The smallest absolute Gasteiger partial charge is 0.349 e. The molecule has 0 spiro atoms. The normalized spacial score (nSPS) is 12.0. The summed E-state index contributed by atoms with van der Waals surface area (Å²) >= 11 is 0. The first-order valence-electron chi connectivity index (χ1n) is 8.90. The minimum atomic E-state index is -0.761. The Kier molecular flexibility index (Phi) is 6.65. The van der Waals surface area contributed by atoms with Crippen molar-refractivity contribution >= 4 is 16.7 Å². The van der Waals surface area contributed by atoms with Gasteiger partial charge in [0.05, 0.1) is 17.1 Å². The molecule has 2 aliphatic rings. The number of aliphatic hydroxyl groups excluding tert-OH is 2. The first-order chi connectivity index (χ1) is 12.9. The summed E-state index contributed by atoms with van der Waals surface area (Å²) < 4.78 is 1.66. The molecule has 0 fully saturated rings. The highest BCUT2D eigenvalue weighted by Crippen LogP contribution is 2.25. The number of nitrogens with zero attached hydrogens (tertiary/aromatic N) is 3. The van der Waals surface area contributed by atoms with Crippen LogP contribution in [0.2, 0.25) is 0 Å². The van der Waals surface area contributed by atoms with Gasteiger partial charge in [-0.1, -0.05) is 13.8 Å². The summed E-state index contributed by atoms with van der Waals surface area (Å²) in [6, 6.07) is 3.47. The molecule has 0 bridgehead atoms. The number of nitrogens with two attached hydrogens (primary N) is 1. The van der Waals surface area contributed by atoms with Crippen molar-refractivity contribution in [2.24, 2.45) is 0 Å². The molecule has 1 unspecified atom stereocenters. The molecule has 146 valence electrons. The zero-order valence-electron chi connectivity index (χ0n) is 15.7. The number of rotatable bonds is 5. The largest absolute Gasteiger partial charge is 0.398 e. The molecule has 5 N–H and O–H groups in total. The van der Waals surface area contributed by atoms with Crippen LogP contribution in [0.4, 0.5) is 5.69 Å². The highest BCUT2D eigenvalue weighted by atomic mass is 16.3. The van der Waals surface area contributed by atoms with E-state index in [0.717, 1.165) is 5.56 Å². The molecule has 0 amide bonds. The van der Waals surface area contributed by atoms with E-state index >= 15 is 0 Å². The van der Waals surface area contributed by atoms with E-state index in [1.165, 1.54) is 0 Å². The van der Waals surface area contributed by atoms with E-state index in [1.54, 1.807) is 16.7 Å². The maximum absolute atomic E-state index is 12.1. The van der Waals surface area contributed by atoms with Gasteiger partial charge in [0.2, 0.25) is 0 Å². The summed E-state index contributed by atoms with van der Waals surface area (Å²) in [5.41, 5.74) is 7.18. The van der Waals surface area contributed by atoms with Gasteiger partial charge < -0.3 is 20.5 Å². The molecule has 1 atom stereocenters. The molecule has 0 aliphatic carbocycles. The van der Waals surface area contributed by atoms with Crippen molar-refractivity contribution in [2.75, 3.05) is 12.3 Å². The van der Waals surface area contributed by atoms with Crippen molar-refractivity contribution in [3.05, 3.63) is 38.5 Å². The number of aromatic amines is 1. The molecule has 9 heteroatoms. The van der Waals surface area contributed by atoms with Crippen molar-refractivity contribution in [2.45, 2.75) is 46.3 Å². The summed E-state index contributed by atoms with van der Waals surface area (Å²) in [5, 5.41) is 18.8. The Labute approximate surface area is 155 Å². The lowest BCUT2D eigenvalue weighted by Gasteiger charge is -2.19. The van der Waals surface area contributed by atoms with Gasteiger partial charge in [-0.15, -0.1) is 0 Å². The number of aromatic nitrogens is 4. The van der Waals surface area contributed by atoms with Gasteiger partial charge >= 0.3 is 5.69 Å². The Morgan fingerprint density at radius 1 is 1.22 bits per heavy atom. The van der Waals surface area contributed by atoms with Gasteiger partial charge in [-0.25, -0.2) is 9.78 Å². The number of hydrogen-bond acceptors (Lipinski definition) is 7. The number of aliphatic hydroxyl groups is 2. The van der Waals surface area contributed by atoms with Crippen LogP contribution in [0.25, 0.3) is 22.6 Å². The van der Waals surface area contributed by atoms with Gasteiger partial charge in [-0.2, -0.15) is 4.98 Å². The topological polar surface area (TPSA) is 147 Å². The fourth-order valence-corrected chi connectivity index (χ4v) is 2.76. The minimum absolute atomic E-state index is 0.0490. The van der Waals surface area contributed by atoms with Crippen LogP contribution in [0.3, 0.4) is 0 Å². The first kappa shape index (κ1) is 20.5. The second-order valence-electron chi connectivity index (χ2n) is 5.96. The van der Waals surface area contributed by atoms with Gasteiger partial charge in [0.15, 0.2) is 11.5 Å². The highest BCUT2D eigenvalue weighted by Gasteiger charge is 2.19. The molecule has 0 radical (unpaired) electrons. The standard InChI is InChI=1S/C16H19N5O4.C2H6/c1-8-6-11-12(7-10(8)17)21(4-2-9(23)3-5-22)14-13(18-11)15(24)20-16(25)19-14;1-2/h6-7,9,22-23H,2-5,17H2,1H3,(H,20,24,25);1-2H3. The van der Waals surface area contributed by atoms with Crippen LogP contribution in [0.1, 0.15) is 32.3 Å². The molecular weight excluding hydrogens is 350 g/mol. The third-order valence-corrected chi connectivity index (χ3v) is 4.14. The molecule has 1 aromatic carbocycles. The average molecular weight is 375 g/mol. The van der Waals surface area contributed by atoms with Crippen LogP contribution in [-0.2, 0) is 6.54 Å². The van der Waals surface area contributed by atoms with Crippen molar-refractivity contribution in [3.8, 4) is 11.5 Å². The second-order valence-corrected chi connectivity index (χ2v) is 5.96. The first-order valence-corrected chi connectivity index (χ1v) is 8.90. The molecule has 27 heavy (non-hydrogen) atoms. The molecule has 2 heterocycles. The third kappa shape index (κ3) is 4.32. The molecule has 3 rings (SSSR count). The van der Waals surface area contributed by atoms with Gasteiger partial charge in [-0.05, 0) is 37.5 Å². The van der Waals surface area contributed by atoms with E-state index in [1.807, 2.05) is 20.8 Å². The Morgan fingerprint density at radius 3 is 2.59 bits per heavy atom. The Balaban J connectivity index is 0.00000126. The van der Waals surface area contributed by atoms with Gasteiger partial charge in [0.1, 0.15) is 0 Å². The minimum Gasteiger partial charge on any atom is -0.398 e. The van der Waals surface area contributed by atoms with Crippen LogP contribution in [0.15, 0.2) is 21.7 Å². The predicted molar refractivity (Wildman–Crippen MR) is 104 cm³/mol. The lowest BCUT2D eigenvalue weighted by atomic mass is 10.1. The zero-order valence-corrected chi connectivity index (χ0v) is 15.7. The van der Waals surface area contributed by atoms with E-state index in [9.17, 15) is 14.7 Å². The van der Waals surface area contributed by atoms with Crippen LogP contribution in [-0.4, -0.2) is 42.4 Å². The molecule has 2 aliphatic heterocycles. The van der Waals surface area contributed by atoms with Crippen molar-refractivity contribution in [3.63, 3.8) is 0 Å². The highest BCUT2D eigenvalue weighted by molar-refractivity contribution is 5.83. The fourth-order valence-electron chi connectivity index (χ4n) is 2.76. The molecule has 1 aromatic rings. The number of fused-ring (bicyclic) bond motifs is 2. The van der Waals surface area contributed by atoms with Crippen molar-refractivity contribution in [1.82, 2.24) is 19.5 Å². The SMILES string of the molecule is CC.Cc1cc2nc3c(=O)[nH]c(=O)nc-3n(CCC(O)CCO)c2cc1N. The maximum atomic E-state index is 12.1. The predicted octanol–water partition coefficient (Wildman–Crippen LogP) is 0.635. The van der Waals surface area contributed by atoms with E-state index < -0.39 is 17.4 Å². The lowest BCUT2D eigenvalue weighted by Crippen LogP contribution is -2.29. The van der Waals surface area contributed by atoms with Crippen molar-refractivity contribution < 1.29 is 10.2 Å². The Bertz CT molecular complexity index is 1010. The van der Waals surface area contributed by atoms with Crippen molar-refractivity contribution in [1.29, 1.82) is 0 Å². The number of nitrogen functional groups attached to an aromatic ring is 1. The van der Waals surface area contributed by atoms with E-state index in [0.29, 0.717) is 23.1 Å². The number of hydrogen-bond donors (Lipinski definition) is 4. The number of benzene rings is 1. The number of H-pyrrole nitrogens is 1. The van der Waals surface area contributed by atoms with Gasteiger partial charge in [0.25, 0.3) is 5.56 Å². The van der Waals surface area contributed by atoms with E-state index in [-0.39, 0.29) is 31.1 Å². The summed E-state index contributed by atoms with van der Waals surface area (Å²) in [5.74, 6) is 0.140. The molecule has 9 nitrogen and oxygen atoms in total. The zero-order chi connectivity index (χ0) is 20.1. The number of nitrogens with one attached hydrogen (secondary N) is 1.